The lowest BCUT2D eigenvalue weighted by Gasteiger charge is -2.41. The molecule has 1 aromatic rings. The Hall–Kier alpha value is -2.60. The second kappa shape index (κ2) is 10.7. The van der Waals surface area contributed by atoms with Crippen LogP contribution in [-0.2, 0) is 16.0 Å². The molecule has 1 atom stereocenters. The first-order valence-electron chi connectivity index (χ1n) is 10.5. The van der Waals surface area contributed by atoms with Crippen LogP contribution in [0.4, 0.5) is 65.9 Å². The lowest BCUT2D eigenvalue weighted by molar-refractivity contribution is -0.452. The van der Waals surface area contributed by atoms with E-state index >= 15 is 0 Å². The van der Waals surface area contributed by atoms with Gasteiger partial charge in [0.2, 0.25) is 0 Å². The molecule has 0 spiro atoms. The average Bonchev–Trinajstić information content (AvgIpc) is 2.75. The van der Waals surface area contributed by atoms with Gasteiger partial charge in [-0.2, -0.15) is 65.9 Å². The highest BCUT2D eigenvalue weighted by Gasteiger charge is 2.93. The monoisotopic (exact) mass is 619 g/mol. The third-order valence-corrected chi connectivity index (χ3v) is 5.03. The number of benzene rings is 1. The van der Waals surface area contributed by atoms with E-state index in [-0.39, 0.29) is 11.3 Å². The van der Waals surface area contributed by atoms with E-state index in [1.54, 1.807) is 0 Å². The van der Waals surface area contributed by atoms with Gasteiger partial charge in [-0.05, 0) is 44.9 Å². The molecular formula is C21H20F15NO3. The minimum atomic E-state index is -8.40. The van der Waals surface area contributed by atoms with Crippen LogP contribution >= 0.6 is 0 Å². The molecule has 0 aliphatic rings. The lowest BCUT2D eigenvalue weighted by atomic mass is 9.91. The zero-order chi connectivity index (χ0) is 32.0. The SMILES string of the molecule is CC(C)(C)OC(=O)C(Cc1ccc(O)cc1)NCC(F)(F)C(F)(F)C(F)(F)C(F)(F)C(F)(F)C(F)(F)C(F)(F)F. The maximum atomic E-state index is 14.2. The van der Waals surface area contributed by atoms with Gasteiger partial charge in [0, 0.05) is 0 Å². The number of alkyl halides is 15. The van der Waals surface area contributed by atoms with Gasteiger partial charge in [-0.25, -0.2) is 0 Å². The number of esters is 1. The van der Waals surface area contributed by atoms with E-state index in [4.69, 9.17) is 4.74 Å². The van der Waals surface area contributed by atoms with Gasteiger partial charge in [0.25, 0.3) is 0 Å². The van der Waals surface area contributed by atoms with Crippen molar-refractivity contribution >= 4 is 5.97 Å². The van der Waals surface area contributed by atoms with Crippen molar-refractivity contribution in [1.82, 2.24) is 5.32 Å². The number of nitrogens with one attached hydrogen (secondary N) is 1. The number of phenolic OH excluding ortho intramolecular Hbond substituents is 1. The Balaban J connectivity index is 3.41. The minimum Gasteiger partial charge on any atom is -0.508 e. The third-order valence-electron chi connectivity index (χ3n) is 5.03. The summed E-state index contributed by atoms with van der Waals surface area (Å²) in [6, 6.07) is 1.99. The molecule has 4 nitrogen and oxygen atoms in total. The van der Waals surface area contributed by atoms with Gasteiger partial charge in [-0.1, -0.05) is 12.1 Å². The Morgan fingerprint density at radius 2 is 1.12 bits per heavy atom. The van der Waals surface area contributed by atoms with E-state index in [1.165, 1.54) is 26.1 Å². The van der Waals surface area contributed by atoms with Gasteiger partial charge in [0.05, 0.1) is 6.54 Å². The fourth-order valence-electron chi connectivity index (χ4n) is 2.84. The maximum absolute atomic E-state index is 14.2. The fourth-order valence-corrected chi connectivity index (χ4v) is 2.84. The number of rotatable bonds is 11. The first kappa shape index (κ1) is 35.4. The summed E-state index contributed by atoms with van der Waals surface area (Å²) in [6.45, 7) is 0.829. The molecule has 40 heavy (non-hydrogen) atoms. The van der Waals surface area contributed by atoms with Crippen molar-refractivity contribution in [2.45, 2.75) is 80.5 Å². The van der Waals surface area contributed by atoms with Crippen molar-refractivity contribution in [3.63, 3.8) is 0 Å². The molecule has 0 radical (unpaired) electrons. The molecule has 0 saturated carbocycles. The summed E-state index contributed by atoms with van der Waals surface area (Å²) >= 11 is 0. The summed E-state index contributed by atoms with van der Waals surface area (Å²) in [6.07, 6.45) is -8.45. The van der Waals surface area contributed by atoms with Crippen LogP contribution in [0.3, 0.4) is 0 Å². The summed E-state index contributed by atoms with van der Waals surface area (Å²) in [5.74, 6) is -49.2. The number of carbonyl (C=O) groups is 1. The molecule has 1 rings (SSSR count). The molecule has 1 aromatic carbocycles. The van der Waals surface area contributed by atoms with Crippen molar-refractivity contribution in [2.24, 2.45) is 0 Å². The summed E-state index contributed by atoms with van der Waals surface area (Å²) < 4.78 is 206. The summed E-state index contributed by atoms with van der Waals surface area (Å²) in [5.41, 5.74) is -1.38. The molecule has 0 aliphatic carbocycles. The second-order valence-corrected chi connectivity index (χ2v) is 9.41. The number of aromatic hydroxyl groups is 1. The van der Waals surface area contributed by atoms with E-state index in [2.05, 4.69) is 0 Å². The highest BCUT2D eigenvalue weighted by atomic mass is 19.4. The average molecular weight is 619 g/mol. The van der Waals surface area contributed by atoms with Crippen LogP contribution in [0.25, 0.3) is 0 Å². The molecule has 232 valence electrons. The number of hydrogen-bond donors (Lipinski definition) is 2. The van der Waals surface area contributed by atoms with Crippen LogP contribution in [0, 0.1) is 0 Å². The molecule has 2 N–H and O–H groups in total. The zero-order valence-electron chi connectivity index (χ0n) is 20.2. The number of halogens is 15. The van der Waals surface area contributed by atoms with Gasteiger partial charge in [0.1, 0.15) is 17.4 Å². The Labute approximate surface area is 215 Å². The molecular weight excluding hydrogens is 599 g/mol. The summed E-state index contributed by atoms with van der Waals surface area (Å²) in [7, 11) is 0. The molecule has 0 fully saturated rings. The Morgan fingerprint density at radius 1 is 0.725 bits per heavy atom. The van der Waals surface area contributed by atoms with E-state index in [0.29, 0.717) is 0 Å². The van der Waals surface area contributed by atoms with Crippen molar-refractivity contribution in [3.05, 3.63) is 29.8 Å². The number of carbonyl (C=O) groups excluding carboxylic acids is 1. The second-order valence-electron chi connectivity index (χ2n) is 9.41. The van der Waals surface area contributed by atoms with Crippen molar-refractivity contribution < 1.29 is 80.5 Å². The Morgan fingerprint density at radius 3 is 1.52 bits per heavy atom. The Kier molecular flexibility index (Phi) is 9.45. The topological polar surface area (TPSA) is 58.6 Å². The maximum Gasteiger partial charge on any atom is 0.460 e. The quantitative estimate of drug-likeness (QED) is 0.216. The van der Waals surface area contributed by atoms with Gasteiger partial charge in [0.15, 0.2) is 0 Å². The van der Waals surface area contributed by atoms with Gasteiger partial charge >= 0.3 is 47.7 Å². The van der Waals surface area contributed by atoms with Gasteiger partial charge < -0.3 is 9.84 Å². The number of phenols is 1. The van der Waals surface area contributed by atoms with E-state index in [1.807, 2.05) is 0 Å². The predicted molar refractivity (Wildman–Crippen MR) is 105 cm³/mol. The van der Waals surface area contributed by atoms with E-state index in [9.17, 15) is 75.8 Å². The number of hydrogen-bond acceptors (Lipinski definition) is 4. The first-order valence-corrected chi connectivity index (χ1v) is 10.5. The van der Waals surface area contributed by atoms with Crippen molar-refractivity contribution in [3.8, 4) is 5.75 Å². The normalized spacial score (nSPS) is 15.7. The van der Waals surface area contributed by atoms with Crippen molar-refractivity contribution in [2.75, 3.05) is 6.54 Å². The standard InChI is InChI=1S/C21H20F15NO3/c1-14(2,3)40-13(39)12(8-10-4-6-11(38)7-5-10)37-9-15(22,23)16(24,25)17(26,27)18(28,29)19(30,31)20(32,33)21(34,35)36/h4-7,12,37-38H,8-9H2,1-3H3. The smallest absolute Gasteiger partial charge is 0.460 e. The lowest BCUT2D eigenvalue weighted by Crippen LogP contribution is -2.73. The number of ether oxygens (including phenoxy) is 1. The van der Waals surface area contributed by atoms with Crippen LogP contribution in [0.1, 0.15) is 26.3 Å². The van der Waals surface area contributed by atoms with Crippen LogP contribution in [0.15, 0.2) is 24.3 Å². The minimum absolute atomic E-state index is 0.0119. The molecule has 19 heteroatoms. The molecule has 0 aromatic heterocycles. The van der Waals surface area contributed by atoms with Crippen LogP contribution in [-0.4, -0.2) is 71.0 Å². The largest absolute Gasteiger partial charge is 0.508 e. The van der Waals surface area contributed by atoms with E-state index < -0.39 is 72.3 Å². The van der Waals surface area contributed by atoms with E-state index in [0.717, 1.165) is 24.3 Å². The highest BCUT2D eigenvalue weighted by Crippen LogP contribution is 2.62. The van der Waals surface area contributed by atoms with Crippen LogP contribution < -0.4 is 5.32 Å². The van der Waals surface area contributed by atoms with Crippen LogP contribution in [0.5, 0.6) is 5.75 Å². The molecule has 0 aliphatic heterocycles. The fraction of sp³-hybridized carbons (Fsp3) is 0.667. The molecule has 0 amide bonds. The van der Waals surface area contributed by atoms with Crippen LogP contribution in [0.2, 0.25) is 0 Å². The van der Waals surface area contributed by atoms with Crippen molar-refractivity contribution in [1.29, 1.82) is 0 Å². The first-order chi connectivity index (χ1) is 17.5. The molecule has 0 heterocycles. The predicted octanol–water partition coefficient (Wildman–Crippen LogP) is 6.61. The van der Waals surface area contributed by atoms with Gasteiger partial charge in [-0.15, -0.1) is 0 Å². The zero-order valence-corrected chi connectivity index (χ0v) is 20.2. The third kappa shape index (κ3) is 6.48. The summed E-state index contributed by atoms with van der Waals surface area (Å²) in [4.78, 5) is 12.4. The molecule has 0 saturated heterocycles. The molecule has 0 bridgehead atoms. The van der Waals surface area contributed by atoms with Gasteiger partial charge in [-0.3, -0.25) is 10.1 Å². The summed E-state index contributed by atoms with van der Waals surface area (Å²) in [5, 5.41) is 10.6. The highest BCUT2D eigenvalue weighted by molar-refractivity contribution is 5.76. The molecule has 1 unspecified atom stereocenters. The Bertz CT molecular complexity index is 1030.